The van der Waals surface area contributed by atoms with Crippen molar-refractivity contribution in [1.82, 2.24) is 10.2 Å². The number of ether oxygens (including phenoxy) is 1. The highest BCUT2D eigenvalue weighted by Crippen LogP contribution is 1.99. The molecule has 0 heterocycles. The second kappa shape index (κ2) is 12.0. The number of rotatable bonds is 11. The molecule has 110 valence electrons. The number of nitriles is 1. The lowest BCUT2D eigenvalue weighted by Crippen LogP contribution is -2.28. The summed E-state index contributed by atoms with van der Waals surface area (Å²) < 4.78 is 5.17. The number of hydrogen-bond donors (Lipinski definition) is 1. The molecule has 0 aromatic rings. The van der Waals surface area contributed by atoms with Crippen molar-refractivity contribution >= 4 is 5.91 Å². The van der Waals surface area contributed by atoms with Gasteiger partial charge in [-0.1, -0.05) is 12.2 Å². The zero-order valence-electron chi connectivity index (χ0n) is 12.1. The quantitative estimate of drug-likeness (QED) is 0.270. The minimum absolute atomic E-state index is 0.0742. The predicted molar refractivity (Wildman–Crippen MR) is 79.8 cm³/mol. The molecular formula is C15H23N3O2. The molecular weight excluding hydrogens is 254 g/mol. The minimum atomic E-state index is -0.373. The van der Waals surface area contributed by atoms with Crippen molar-refractivity contribution < 1.29 is 9.53 Å². The molecule has 0 aliphatic heterocycles. The zero-order valence-corrected chi connectivity index (χ0v) is 12.1. The van der Waals surface area contributed by atoms with Gasteiger partial charge in [0.2, 0.25) is 0 Å². The number of hydrogen-bond acceptors (Lipinski definition) is 4. The fraction of sp³-hybridized carbons (Fsp3) is 0.467. The molecule has 0 aromatic carbocycles. The molecule has 1 amide bonds. The van der Waals surface area contributed by atoms with Gasteiger partial charge in [-0.05, 0) is 13.3 Å². The van der Waals surface area contributed by atoms with E-state index in [9.17, 15) is 4.79 Å². The van der Waals surface area contributed by atoms with Crippen LogP contribution in [0.5, 0.6) is 0 Å². The molecule has 0 aliphatic carbocycles. The van der Waals surface area contributed by atoms with Crippen molar-refractivity contribution in [3.8, 4) is 6.07 Å². The maximum absolute atomic E-state index is 11.8. The topological polar surface area (TPSA) is 65.4 Å². The van der Waals surface area contributed by atoms with Gasteiger partial charge in [-0.2, -0.15) is 5.26 Å². The van der Waals surface area contributed by atoms with Gasteiger partial charge in [0.25, 0.3) is 5.91 Å². The van der Waals surface area contributed by atoms with Gasteiger partial charge in [0.1, 0.15) is 11.6 Å². The largest absolute Gasteiger partial charge is 0.382 e. The van der Waals surface area contributed by atoms with Crippen molar-refractivity contribution in [3.05, 3.63) is 37.1 Å². The minimum Gasteiger partial charge on any atom is -0.382 e. The summed E-state index contributed by atoms with van der Waals surface area (Å²) >= 11 is 0. The van der Waals surface area contributed by atoms with E-state index in [-0.39, 0.29) is 11.5 Å². The highest BCUT2D eigenvalue weighted by molar-refractivity contribution is 5.97. The van der Waals surface area contributed by atoms with E-state index in [0.717, 1.165) is 6.42 Å². The van der Waals surface area contributed by atoms with E-state index in [1.165, 1.54) is 6.20 Å². The lowest BCUT2D eigenvalue weighted by molar-refractivity contribution is -0.117. The van der Waals surface area contributed by atoms with Crippen LogP contribution in [-0.2, 0) is 9.53 Å². The standard InChI is InChI=1S/C15H23N3O2/c1-4-9-18(10-5-2)13-14(12-16)15(19)17-8-7-11-20-6-3/h4-5,13H,1-2,6-11H2,3H3,(H,17,19)/b14-13-. The molecule has 0 fully saturated rings. The van der Waals surface area contributed by atoms with E-state index in [2.05, 4.69) is 18.5 Å². The number of nitrogens with one attached hydrogen (secondary N) is 1. The van der Waals surface area contributed by atoms with Gasteiger partial charge in [0.15, 0.2) is 0 Å². The van der Waals surface area contributed by atoms with Gasteiger partial charge in [-0.15, -0.1) is 13.2 Å². The summed E-state index contributed by atoms with van der Waals surface area (Å²) in [5.74, 6) is -0.373. The number of amides is 1. The van der Waals surface area contributed by atoms with Crippen LogP contribution in [-0.4, -0.2) is 43.7 Å². The normalized spacial score (nSPS) is 10.5. The van der Waals surface area contributed by atoms with E-state index in [0.29, 0.717) is 32.8 Å². The molecule has 1 N–H and O–H groups in total. The highest BCUT2D eigenvalue weighted by Gasteiger charge is 2.09. The Morgan fingerprint density at radius 3 is 2.55 bits per heavy atom. The smallest absolute Gasteiger partial charge is 0.263 e. The third kappa shape index (κ3) is 8.11. The first kappa shape index (κ1) is 17.9. The van der Waals surface area contributed by atoms with Crippen LogP contribution in [0, 0.1) is 11.3 Å². The Balaban J connectivity index is 4.40. The third-order valence-electron chi connectivity index (χ3n) is 2.36. The van der Waals surface area contributed by atoms with Crippen LogP contribution in [0.25, 0.3) is 0 Å². The summed E-state index contributed by atoms with van der Waals surface area (Å²) in [5, 5.41) is 11.7. The van der Waals surface area contributed by atoms with E-state index < -0.39 is 0 Å². The van der Waals surface area contributed by atoms with Gasteiger partial charge < -0.3 is 15.0 Å². The van der Waals surface area contributed by atoms with Crippen LogP contribution in [0.15, 0.2) is 37.1 Å². The van der Waals surface area contributed by atoms with Crippen molar-refractivity contribution in [2.24, 2.45) is 0 Å². The lowest BCUT2D eigenvalue weighted by atomic mass is 10.2. The molecule has 20 heavy (non-hydrogen) atoms. The average Bonchev–Trinajstić information content (AvgIpc) is 2.44. The van der Waals surface area contributed by atoms with E-state index in [1.54, 1.807) is 17.1 Å². The van der Waals surface area contributed by atoms with Gasteiger partial charge in [0.05, 0.1) is 0 Å². The number of carbonyl (C=O) groups excluding carboxylic acids is 1. The maximum Gasteiger partial charge on any atom is 0.263 e. The zero-order chi connectivity index (χ0) is 15.2. The Hall–Kier alpha value is -2.06. The second-order valence-electron chi connectivity index (χ2n) is 3.99. The summed E-state index contributed by atoms with van der Waals surface area (Å²) in [6.07, 6.45) is 5.66. The Labute approximate surface area is 121 Å². The molecule has 0 spiro atoms. The van der Waals surface area contributed by atoms with Gasteiger partial charge in [-0.3, -0.25) is 4.79 Å². The summed E-state index contributed by atoms with van der Waals surface area (Å²) in [6.45, 7) is 12.0. The Morgan fingerprint density at radius 2 is 2.05 bits per heavy atom. The van der Waals surface area contributed by atoms with Crippen LogP contribution < -0.4 is 5.32 Å². The molecule has 0 radical (unpaired) electrons. The van der Waals surface area contributed by atoms with Crippen LogP contribution in [0.1, 0.15) is 13.3 Å². The van der Waals surface area contributed by atoms with Crippen molar-refractivity contribution in [2.75, 3.05) is 32.8 Å². The molecule has 0 saturated carbocycles. The highest BCUT2D eigenvalue weighted by atomic mass is 16.5. The average molecular weight is 277 g/mol. The SMILES string of the molecule is C=CCN(/C=C(/C#N)C(=O)NCCCOCC)CC=C. The molecule has 0 atom stereocenters. The first-order valence-corrected chi connectivity index (χ1v) is 6.63. The first-order valence-electron chi connectivity index (χ1n) is 6.63. The molecule has 5 nitrogen and oxygen atoms in total. The number of carbonyl (C=O) groups is 1. The maximum atomic E-state index is 11.8. The summed E-state index contributed by atoms with van der Waals surface area (Å²) in [5.41, 5.74) is 0.0742. The summed E-state index contributed by atoms with van der Waals surface area (Å²) in [7, 11) is 0. The Kier molecular flexibility index (Phi) is 10.8. The third-order valence-corrected chi connectivity index (χ3v) is 2.36. The second-order valence-corrected chi connectivity index (χ2v) is 3.99. The van der Waals surface area contributed by atoms with Gasteiger partial charge >= 0.3 is 0 Å². The van der Waals surface area contributed by atoms with Crippen LogP contribution in [0.2, 0.25) is 0 Å². The van der Waals surface area contributed by atoms with Crippen LogP contribution in [0.3, 0.4) is 0 Å². The molecule has 5 heteroatoms. The van der Waals surface area contributed by atoms with Crippen molar-refractivity contribution in [3.63, 3.8) is 0 Å². The summed E-state index contributed by atoms with van der Waals surface area (Å²) in [6, 6.07) is 1.91. The first-order chi connectivity index (χ1) is 9.69. The fourth-order valence-electron chi connectivity index (χ4n) is 1.45. The van der Waals surface area contributed by atoms with Crippen LogP contribution in [0.4, 0.5) is 0 Å². The van der Waals surface area contributed by atoms with Crippen LogP contribution >= 0.6 is 0 Å². The van der Waals surface area contributed by atoms with E-state index in [1.807, 2.05) is 13.0 Å². The lowest BCUT2D eigenvalue weighted by Gasteiger charge is -2.16. The van der Waals surface area contributed by atoms with Gasteiger partial charge in [-0.25, -0.2) is 0 Å². The molecule has 0 bridgehead atoms. The molecule has 0 aromatic heterocycles. The predicted octanol–water partition coefficient (Wildman–Crippen LogP) is 1.61. The Morgan fingerprint density at radius 1 is 1.40 bits per heavy atom. The monoisotopic (exact) mass is 277 g/mol. The Bertz CT molecular complexity index is 373. The summed E-state index contributed by atoms with van der Waals surface area (Å²) in [4.78, 5) is 13.6. The van der Waals surface area contributed by atoms with E-state index >= 15 is 0 Å². The molecule has 0 rings (SSSR count). The molecule has 0 saturated heterocycles. The molecule has 0 aliphatic rings. The fourth-order valence-corrected chi connectivity index (χ4v) is 1.45. The molecule has 0 unspecified atom stereocenters. The van der Waals surface area contributed by atoms with E-state index in [4.69, 9.17) is 10.00 Å². The van der Waals surface area contributed by atoms with Gasteiger partial charge in [0, 0.05) is 39.0 Å². The van der Waals surface area contributed by atoms with Crippen molar-refractivity contribution in [1.29, 1.82) is 5.26 Å². The van der Waals surface area contributed by atoms with Crippen molar-refractivity contribution in [2.45, 2.75) is 13.3 Å². The number of nitrogens with zero attached hydrogens (tertiary/aromatic N) is 2.